The van der Waals surface area contributed by atoms with Crippen molar-refractivity contribution in [1.82, 2.24) is 0 Å². The number of carbonyl (C=O) groups is 1. The molecule has 0 aliphatic carbocycles. The highest BCUT2D eigenvalue weighted by Crippen LogP contribution is 2.27. The fraction of sp³-hybridized carbons (Fsp3) is 0.188. The van der Waals surface area contributed by atoms with Crippen molar-refractivity contribution >= 4 is 29.2 Å². The molecule has 0 bridgehead atoms. The van der Waals surface area contributed by atoms with Crippen LogP contribution in [0, 0.1) is 6.92 Å². The van der Waals surface area contributed by atoms with E-state index in [-0.39, 0.29) is 6.42 Å². The number of benzene rings is 2. The molecule has 0 radical (unpaired) electrons. The van der Waals surface area contributed by atoms with Gasteiger partial charge in [0.25, 0.3) is 0 Å². The highest BCUT2D eigenvalue weighted by molar-refractivity contribution is 6.42. The summed E-state index contributed by atoms with van der Waals surface area (Å²) in [5.41, 5.74) is 1.72. The summed E-state index contributed by atoms with van der Waals surface area (Å²) in [6, 6.07) is 12.3. The average Bonchev–Trinajstić information content (AvgIpc) is 2.45. The summed E-state index contributed by atoms with van der Waals surface area (Å²) in [6.45, 7) is 1.95. The minimum absolute atomic E-state index is 0.141. The summed E-state index contributed by atoms with van der Waals surface area (Å²) < 4.78 is 5.53. The van der Waals surface area contributed by atoms with Crippen LogP contribution < -0.4 is 4.74 Å². The molecule has 2 aromatic carbocycles. The molecule has 1 atom stereocenters. The van der Waals surface area contributed by atoms with Gasteiger partial charge in [0.1, 0.15) is 5.75 Å². The Kier molecular flexibility index (Phi) is 5.10. The lowest BCUT2D eigenvalue weighted by atomic mass is 10.1. The van der Waals surface area contributed by atoms with E-state index in [1.165, 1.54) is 0 Å². The molecule has 0 aliphatic heterocycles. The standard InChI is InChI=1S/C16H14Cl2O3/c1-10-5-7-12(8-6-10)21-14(16(19)20)9-11-3-2-4-13(17)15(11)18/h2-8,14H,9H2,1H3,(H,19,20)/t14-/m1/s1. The average molecular weight is 325 g/mol. The van der Waals surface area contributed by atoms with E-state index in [1.54, 1.807) is 30.3 Å². The Balaban J connectivity index is 2.18. The molecule has 110 valence electrons. The SMILES string of the molecule is Cc1ccc(O[C@H](Cc2cccc(Cl)c2Cl)C(=O)O)cc1. The fourth-order valence-corrected chi connectivity index (χ4v) is 2.26. The topological polar surface area (TPSA) is 46.5 Å². The van der Waals surface area contributed by atoms with Crippen molar-refractivity contribution in [2.24, 2.45) is 0 Å². The van der Waals surface area contributed by atoms with Gasteiger partial charge >= 0.3 is 5.97 Å². The van der Waals surface area contributed by atoms with Gasteiger partial charge < -0.3 is 9.84 Å². The monoisotopic (exact) mass is 324 g/mol. The summed E-state index contributed by atoms with van der Waals surface area (Å²) in [5.74, 6) is -0.544. The lowest BCUT2D eigenvalue weighted by Gasteiger charge is -2.16. The number of rotatable bonds is 5. The van der Waals surface area contributed by atoms with Gasteiger partial charge in [0.05, 0.1) is 10.0 Å². The minimum atomic E-state index is -1.05. The Morgan fingerprint density at radius 1 is 1.19 bits per heavy atom. The first-order valence-corrected chi connectivity index (χ1v) is 7.12. The summed E-state index contributed by atoms with van der Waals surface area (Å²) in [6.07, 6.45) is -0.883. The van der Waals surface area contributed by atoms with Crippen LogP contribution in [-0.2, 0) is 11.2 Å². The number of carboxylic acid groups (broad SMARTS) is 1. The second-order valence-corrected chi connectivity index (χ2v) is 5.46. The lowest BCUT2D eigenvalue weighted by molar-refractivity contribution is -0.145. The van der Waals surface area contributed by atoms with Gasteiger partial charge in [-0.25, -0.2) is 4.79 Å². The van der Waals surface area contributed by atoms with Gasteiger partial charge in [0.15, 0.2) is 6.10 Å². The van der Waals surface area contributed by atoms with E-state index in [2.05, 4.69) is 0 Å². The lowest BCUT2D eigenvalue weighted by Crippen LogP contribution is -2.29. The van der Waals surface area contributed by atoms with Crippen LogP contribution in [0.4, 0.5) is 0 Å². The zero-order chi connectivity index (χ0) is 15.4. The molecule has 2 rings (SSSR count). The van der Waals surface area contributed by atoms with Crippen LogP contribution in [0.3, 0.4) is 0 Å². The maximum Gasteiger partial charge on any atom is 0.345 e. The van der Waals surface area contributed by atoms with Crippen LogP contribution in [0.15, 0.2) is 42.5 Å². The first-order valence-electron chi connectivity index (χ1n) is 6.36. The van der Waals surface area contributed by atoms with Gasteiger partial charge in [-0.1, -0.05) is 53.0 Å². The molecule has 0 spiro atoms. The number of aliphatic carboxylic acids is 1. The molecular formula is C16H14Cl2O3. The second-order valence-electron chi connectivity index (χ2n) is 4.67. The van der Waals surface area contributed by atoms with E-state index in [0.717, 1.165) is 5.56 Å². The highest BCUT2D eigenvalue weighted by atomic mass is 35.5. The van der Waals surface area contributed by atoms with Crippen LogP contribution in [0.5, 0.6) is 5.75 Å². The van der Waals surface area contributed by atoms with Gasteiger partial charge in [0, 0.05) is 6.42 Å². The number of aryl methyl sites for hydroxylation is 1. The molecule has 2 aromatic rings. The molecule has 0 unspecified atom stereocenters. The summed E-state index contributed by atoms with van der Waals surface area (Å²) >= 11 is 12.0. The Hall–Kier alpha value is -1.71. The van der Waals surface area contributed by atoms with E-state index in [9.17, 15) is 9.90 Å². The summed E-state index contributed by atoms with van der Waals surface area (Å²) in [5, 5.41) is 10.1. The Morgan fingerprint density at radius 2 is 1.86 bits per heavy atom. The van der Waals surface area contributed by atoms with Crippen molar-refractivity contribution < 1.29 is 14.6 Å². The first-order chi connectivity index (χ1) is 9.97. The molecule has 0 heterocycles. The predicted octanol–water partition coefficient (Wildman–Crippen LogP) is 4.38. The van der Waals surface area contributed by atoms with Crippen LogP contribution in [0.25, 0.3) is 0 Å². The third-order valence-electron chi connectivity index (χ3n) is 3.01. The Bertz CT molecular complexity index is 638. The molecule has 5 heteroatoms. The number of halogens is 2. The molecule has 3 nitrogen and oxygen atoms in total. The predicted molar refractivity (Wildman–Crippen MR) is 83.4 cm³/mol. The van der Waals surface area contributed by atoms with Gasteiger partial charge in [-0.15, -0.1) is 0 Å². The van der Waals surface area contributed by atoms with Crippen molar-refractivity contribution in [3.8, 4) is 5.75 Å². The van der Waals surface area contributed by atoms with Gasteiger partial charge in [-0.2, -0.15) is 0 Å². The Labute approximate surface area is 133 Å². The molecule has 1 N–H and O–H groups in total. The molecule has 0 fully saturated rings. The zero-order valence-electron chi connectivity index (χ0n) is 11.3. The van der Waals surface area contributed by atoms with Gasteiger partial charge in [-0.05, 0) is 30.7 Å². The molecule has 0 saturated carbocycles. The van der Waals surface area contributed by atoms with Crippen molar-refractivity contribution in [3.05, 3.63) is 63.6 Å². The normalized spacial score (nSPS) is 12.0. The molecule has 0 saturated heterocycles. The maximum atomic E-state index is 11.4. The van der Waals surface area contributed by atoms with Crippen LogP contribution in [0.1, 0.15) is 11.1 Å². The molecule has 0 aliphatic rings. The highest BCUT2D eigenvalue weighted by Gasteiger charge is 2.21. The molecule has 0 aromatic heterocycles. The third kappa shape index (κ3) is 4.13. The smallest absolute Gasteiger partial charge is 0.345 e. The first kappa shape index (κ1) is 15.7. The fourth-order valence-electron chi connectivity index (χ4n) is 1.87. The van der Waals surface area contributed by atoms with Crippen LogP contribution in [-0.4, -0.2) is 17.2 Å². The van der Waals surface area contributed by atoms with E-state index >= 15 is 0 Å². The van der Waals surface area contributed by atoms with Gasteiger partial charge in [-0.3, -0.25) is 0 Å². The van der Waals surface area contributed by atoms with Crippen molar-refractivity contribution in [2.75, 3.05) is 0 Å². The van der Waals surface area contributed by atoms with Gasteiger partial charge in [0.2, 0.25) is 0 Å². The quantitative estimate of drug-likeness (QED) is 0.887. The minimum Gasteiger partial charge on any atom is -0.478 e. The van der Waals surface area contributed by atoms with E-state index in [0.29, 0.717) is 21.4 Å². The Morgan fingerprint density at radius 3 is 2.48 bits per heavy atom. The number of hydrogen-bond donors (Lipinski definition) is 1. The second kappa shape index (κ2) is 6.83. The van der Waals surface area contributed by atoms with E-state index in [4.69, 9.17) is 27.9 Å². The van der Waals surface area contributed by atoms with Crippen molar-refractivity contribution in [2.45, 2.75) is 19.4 Å². The largest absolute Gasteiger partial charge is 0.478 e. The van der Waals surface area contributed by atoms with E-state index in [1.807, 2.05) is 19.1 Å². The van der Waals surface area contributed by atoms with Crippen molar-refractivity contribution in [1.29, 1.82) is 0 Å². The molecule has 0 amide bonds. The molecule has 21 heavy (non-hydrogen) atoms. The summed E-state index contributed by atoms with van der Waals surface area (Å²) in [4.78, 5) is 11.4. The van der Waals surface area contributed by atoms with E-state index < -0.39 is 12.1 Å². The number of ether oxygens (including phenoxy) is 1. The third-order valence-corrected chi connectivity index (χ3v) is 3.87. The van der Waals surface area contributed by atoms with Crippen molar-refractivity contribution in [3.63, 3.8) is 0 Å². The zero-order valence-corrected chi connectivity index (χ0v) is 12.9. The number of carboxylic acids is 1. The van der Waals surface area contributed by atoms with Crippen LogP contribution >= 0.6 is 23.2 Å². The maximum absolute atomic E-state index is 11.4. The van der Waals surface area contributed by atoms with Crippen LogP contribution in [0.2, 0.25) is 10.0 Å². The molecular weight excluding hydrogens is 311 g/mol. The summed E-state index contributed by atoms with van der Waals surface area (Å²) in [7, 11) is 0. The number of hydrogen-bond acceptors (Lipinski definition) is 2.